The van der Waals surface area contributed by atoms with E-state index < -0.39 is 10.9 Å². The van der Waals surface area contributed by atoms with Crippen LogP contribution in [-0.4, -0.2) is 16.0 Å². The van der Waals surface area contributed by atoms with Crippen molar-refractivity contribution in [2.24, 2.45) is 0 Å². The van der Waals surface area contributed by atoms with Crippen LogP contribution in [0.1, 0.15) is 15.9 Å². The summed E-state index contributed by atoms with van der Waals surface area (Å²) in [6.45, 7) is 1.70. The first-order chi connectivity index (χ1) is 9.88. The Bertz CT molecular complexity index is 668. The van der Waals surface area contributed by atoms with E-state index in [-0.39, 0.29) is 22.0 Å². The van der Waals surface area contributed by atoms with Crippen molar-refractivity contribution in [3.63, 3.8) is 0 Å². The standard InChI is InChI=1S/C14H10ClNO5/c1-8-6-9(14(17)18)2-4-12(8)21-13-5-3-10(16(19)20)7-11(13)15/h2-7H,1H3,(H,17,18). The summed E-state index contributed by atoms with van der Waals surface area (Å²) in [5.74, 6) is -0.345. The molecule has 0 fully saturated rings. The Kier molecular flexibility index (Phi) is 4.09. The van der Waals surface area contributed by atoms with Crippen LogP contribution in [0.15, 0.2) is 36.4 Å². The molecule has 0 unspecified atom stereocenters. The summed E-state index contributed by atoms with van der Waals surface area (Å²) in [5.41, 5.74) is 0.629. The fourth-order valence-electron chi connectivity index (χ4n) is 1.70. The highest BCUT2D eigenvalue weighted by Gasteiger charge is 2.12. The number of carboxylic acids is 1. The van der Waals surface area contributed by atoms with Crippen LogP contribution < -0.4 is 4.74 Å². The van der Waals surface area contributed by atoms with Gasteiger partial charge < -0.3 is 9.84 Å². The van der Waals surface area contributed by atoms with Crippen LogP contribution in [0.3, 0.4) is 0 Å². The van der Waals surface area contributed by atoms with Gasteiger partial charge in [0.05, 0.1) is 15.5 Å². The Morgan fingerprint density at radius 2 is 1.90 bits per heavy atom. The number of hydrogen-bond donors (Lipinski definition) is 1. The first-order valence-electron chi connectivity index (χ1n) is 5.84. The molecule has 0 aromatic heterocycles. The minimum absolute atomic E-state index is 0.103. The van der Waals surface area contributed by atoms with Crippen LogP contribution in [-0.2, 0) is 0 Å². The Morgan fingerprint density at radius 1 is 1.24 bits per heavy atom. The second-order valence-electron chi connectivity index (χ2n) is 4.26. The summed E-state index contributed by atoms with van der Waals surface area (Å²) in [4.78, 5) is 20.9. The van der Waals surface area contributed by atoms with Gasteiger partial charge in [-0.3, -0.25) is 10.1 Å². The maximum atomic E-state index is 10.9. The minimum Gasteiger partial charge on any atom is -0.478 e. The zero-order valence-corrected chi connectivity index (χ0v) is 11.6. The van der Waals surface area contributed by atoms with Gasteiger partial charge in [-0.15, -0.1) is 0 Å². The van der Waals surface area contributed by atoms with E-state index in [1.165, 1.54) is 36.4 Å². The number of ether oxygens (including phenoxy) is 1. The quantitative estimate of drug-likeness (QED) is 0.680. The third-order valence-corrected chi connectivity index (χ3v) is 3.06. The molecule has 0 bridgehead atoms. The molecule has 0 aliphatic carbocycles. The summed E-state index contributed by atoms with van der Waals surface area (Å²) < 4.78 is 5.56. The van der Waals surface area contributed by atoms with E-state index in [0.29, 0.717) is 11.3 Å². The molecule has 2 aromatic carbocycles. The molecular formula is C14H10ClNO5. The molecule has 0 saturated heterocycles. The lowest BCUT2D eigenvalue weighted by Crippen LogP contribution is -1.97. The monoisotopic (exact) mass is 307 g/mol. The Morgan fingerprint density at radius 3 is 2.43 bits per heavy atom. The topological polar surface area (TPSA) is 89.7 Å². The second kappa shape index (κ2) is 5.80. The van der Waals surface area contributed by atoms with Crippen LogP contribution in [0, 0.1) is 17.0 Å². The molecule has 6 nitrogen and oxygen atoms in total. The van der Waals surface area contributed by atoms with Gasteiger partial charge in [-0.05, 0) is 36.8 Å². The highest BCUT2D eigenvalue weighted by atomic mass is 35.5. The largest absolute Gasteiger partial charge is 0.478 e. The van der Waals surface area contributed by atoms with Crippen molar-refractivity contribution in [3.05, 3.63) is 62.7 Å². The van der Waals surface area contributed by atoms with E-state index in [4.69, 9.17) is 21.4 Å². The van der Waals surface area contributed by atoms with Crippen LogP contribution in [0.5, 0.6) is 11.5 Å². The van der Waals surface area contributed by atoms with E-state index in [1.807, 2.05) is 0 Å². The lowest BCUT2D eigenvalue weighted by Gasteiger charge is -2.10. The fraction of sp³-hybridized carbons (Fsp3) is 0.0714. The number of rotatable bonds is 4. The number of carbonyl (C=O) groups is 1. The molecule has 2 rings (SSSR count). The van der Waals surface area contributed by atoms with Crippen LogP contribution in [0.2, 0.25) is 5.02 Å². The zero-order chi connectivity index (χ0) is 15.6. The molecule has 0 aliphatic rings. The summed E-state index contributed by atoms with van der Waals surface area (Å²) in [7, 11) is 0. The fourth-order valence-corrected chi connectivity index (χ4v) is 1.91. The number of non-ortho nitro benzene ring substituents is 1. The van der Waals surface area contributed by atoms with E-state index in [1.54, 1.807) is 6.92 Å². The number of aryl methyl sites for hydroxylation is 1. The molecule has 2 aromatic rings. The number of aromatic carboxylic acids is 1. The number of nitrogens with zero attached hydrogens (tertiary/aromatic N) is 1. The van der Waals surface area contributed by atoms with Crippen LogP contribution in [0.25, 0.3) is 0 Å². The Labute approximate surface area is 124 Å². The van der Waals surface area contributed by atoms with E-state index in [9.17, 15) is 14.9 Å². The van der Waals surface area contributed by atoms with E-state index in [0.717, 1.165) is 0 Å². The number of nitro groups is 1. The Hall–Kier alpha value is -2.60. The maximum absolute atomic E-state index is 10.9. The van der Waals surface area contributed by atoms with Gasteiger partial charge >= 0.3 is 5.97 Å². The highest BCUT2D eigenvalue weighted by Crippen LogP contribution is 2.33. The molecule has 0 aliphatic heterocycles. The van der Waals surface area contributed by atoms with Gasteiger partial charge in [0.25, 0.3) is 5.69 Å². The van der Waals surface area contributed by atoms with Crippen molar-refractivity contribution < 1.29 is 19.6 Å². The van der Waals surface area contributed by atoms with Gasteiger partial charge in [0, 0.05) is 12.1 Å². The van der Waals surface area contributed by atoms with Crippen molar-refractivity contribution in [2.45, 2.75) is 6.92 Å². The van der Waals surface area contributed by atoms with Crippen LogP contribution in [0.4, 0.5) is 5.69 Å². The molecule has 7 heteroatoms. The first-order valence-corrected chi connectivity index (χ1v) is 6.22. The van der Waals surface area contributed by atoms with Crippen molar-refractivity contribution in [1.82, 2.24) is 0 Å². The zero-order valence-electron chi connectivity index (χ0n) is 10.9. The summed E-state index contributed by atoms with van der Waals surface area (Å²) in [6, 6.07) is 8.25. The van der Waals surface area contributed by atoms with Crippen molar-refractivity contribution in [1.29, 1.82) is 0 Å². The minimum atomic E-state index is -1.03. The molecule has 0 heterocycles. The smallest absolute Gasteiger partial charge is 0.335 e. The van der Waals surface area contributed by atoms with Gasteiger partial charge in [0.2, 0.25) is 0 Å². The van der Waals surface area contributed by atoms with Gasteiger partial charge in [-0.2, -0.15) is 0 Å². The van der Waals surface area contributed by atoms with Crippen molar-refractivity contribution >= 4 is 23.3 Å². The number of nitro benzene ring substituents is 1. The molecule has 1 N–H and O–H groups in total. The summed E-state index contributed by atoms with van der Waals surface area (Å²) in [5, 5.41) is 19.6. The number of benzene rings is 2. The highest BCUT2D eigenvalue weighted by molar-refractivity contribution is 6.32. The van der Waals surface area contributed by atoms with Gasteiger partial charge in [0.1, 0.15) is 11.5 Å². The van der Waals surface area contributed by atoms with Crippen molar-refractivity contribution in [2.75, 3.05) is 0 Å². The van der Waals surface area contributed by atoms with Gasteiger partial charge in [0.15, 0.2) is 0 Å². The average molecular weight is 308 g/mol. The van der Waals surface area contributed by atoms with Crippen LogP contribution >= 0.6 is 11.6 Å². The average Bonchev–Trinajstić information content (AvgIpc) is 2.42. The molecule has 0 amide bonds. The predicted molar refractivity (Wildman–Crippen MR) is 76.3 cm³/mol. The second-order valence-corrected chi connectivity index (χ2v) is 4.67. The molecule has 21 heavy (non-hydrogen) atoms. The lowest BCUT2D eigenvalue weighted by molar-refractivity contribution is -0.384. The van der Waals surface area contributed by atoms with Crippen molar-refractivity contribution in [3.8, 4) is 11.5 Å². The predicted octanol–water partition coefficient (Wildman–Crippen LogP) is 4.05. The normalized spacial score (nSPS) is 10.2. The first kappa shape index (κ1) is 14.8. The number of halogens is 1. The third kappa shape index (κ3) is 3.29. The molecule has 0 saturated carbocycles. The van der Waals surface area contributed by atoms with Gasteiger partial charge in [-0.25, -0.2) is 4.79 Å². The number of hydrogen-bond acceptors (Lipinski definition) is 4. The van der Waals surface area contributed by atoms with E-state index >= 15 is 0 Å². The summed E-state index contributed by atoms with van der Waals surface area (Å²) in [6.07, 6.45) is 0. The molecule has 108 valence electrons. The molecular weight excluding hydrogens is 298 g/mol. The Balaban J connectivity index is 2.30. The summed E-state index contributed by atoms with van der Waals surface area (Å²) >= 11 is 5.93. The number of carboxylic acid groups (broad SMARTS) is 1. The SMILES string of the molecule is Cc1cc(C(=O)O)ccc1Oc1ccc([N+](=O)[O-])cc1Cl. The van der Waals surface area contributed by atoms with Gasteiger partial charge in [-0.1, -0.05) is 11.6 Å². The van der Waals surface area contributed by atoms with E-state index in [2.05, 4.69) is 0 Å². The third-order valence-electron chi connectivity index (χ3n) is 2.77. The lowest BCUT2D eigenvalue weighted by atomic mass is 10.1. The molecule has 0 spiro atoms. The molecule has 0 radical (unpaired) electrons. The molecule has 0 atom stereocenters. The maximum Gasteiger partial charge on any atom is 0.335 e.